The SMILES string of the molecule is Cc1ccc(NC(=O)C(=O)NC(C)c2csc3ccccc23)cc1. The van der Waals surface area contributed by atoms with Crippen molar-refractivity contribution in [3.8, 4) is 0 Å². The Balaban J connectivity index is 1.67. The summed E-state index contributed by atoms with van der Waals surface area (Å²) in [4.78, 5) is 24.2. The molecule has 4 nitrogen and oxygen atoms in total. The zero-order valence-electron chi connectivity index (χ0n) is 13.5. The van der Waals surface area contributed by atoms with Crippen molar-refractivity contribution < 1.29 is 9.59 Å². The van der Waals surface area contributed by atoms with E-state index in [0.29, 0.717) is 5.69 Å². The maximum atomic E-state index is 12.1. The smallest absolute Gasteiger partial charge is 0.313 e. The van der Waals surface area contributed by atoms with Crippen LogP contribution in [0.5, 0.6) is 0 Å². The van der Waals surface area contributed by atoms with Crippen LogP contribution in [0.25, 0.3) is 10.1 Å². The number of anilines is 1. The van der Waals surface area contributed by atoms with Gasteiger partial charge in [0.2, 0.25) is 0 Å². The van der Waals surface area contributed by atoms with Gasteiger partial charge in [-0.15, -0.1) is 11.3 Å². The first-order valence-corrected chi connectivity index (χ1v) is 8.57. The molecule has 0 spiro atoms. The van der Waals surface area contributed by atoms with E-state index in [1.54, 1.807) is 23.5 Å². The highest BCUT2D eigenvalue weighted by Crippen LogP contribution is 2.29. The molecule has 0 aliphatic carbocycles. The molecule has 0 aliphatic rings. The van der Waals surface area contributed by atoms with Crippen molar-refractivity contribution >= 4 is 38.9 Å². The van der Waals surface area contributed by atoms with Crippen LogP contribution >= 0.6 is 11.3 Å². The van der Waals surface area contributed by atoms with Crippen LogP contribution in [0.4, 0.5) is 5.69 Å². The van der Waals surface area contributed by atoms with Crippen molar-refractivity contribution in [3.63, 3.8) is 0 Å². The highest BCUT2D eigenvalue weighted by Gasteiger charge is 2.19. The molecule has 0 radical (unpaired) electrons. The second kappa shape index (κ2) is 6.84. The lowest BCUT2D eigenvalue weighted by Gasteiger charge is -2.13. The molecule has 1 atom stereocenters. The number of rotatable bonds is 3. The van der Waals surface area contributed by atoms with Crippen molar-refractivity contribution in [2.75, 3.05) is 5.32 Å². The van der Waals surface area contributed by atoms with E-state index in [1.165, 1.54) is 0 Å². The van der Waals surface area contributed by atoms with Gasteiger partial charge in [0.15, 0.2) is 0 Å². The normalized spacial score (nSPS) is 11.9. The Morgan fingerprint density at radius 1 is 1.00 bits per heavy atom. The lowest BCUT2D eigenvalue weighted by molar-refractivity contribution is -0.136. The van der Waals surface area contributed by atoms with E-state index in [2.05, 4.69) is 10.6 Å². The van der Waals surface area contributed by atoms with Gasteiger partial charge in [-0.05, 0) is 48.4 Å². The molecule has 0 fully saturated rings. The Morgan fingerprint density at radius 2 is 1.71 bits per heavy atom. The van der Waals surface area contributed by atoms with E-state index in [1.807, 2.05) is 55.6 Å². The first-order chi connectivity index (χ1) is 11.5. The molecule has 0 saturated heterocycles. The minimum Gasteiger partial charge on any atom is -0.341 e. The zero-order chi connectivity index (χ0) is 17.1. The van der Waals surface area contributed by atoms with Crippen LogP contribution in [-0.2, 0) is 9.59 Å². The molecule has 122 valence electrons. The monoisotopic (exact) mass is 338 g/mol. The summed E-state index contributed by atoms with van der Waals surface area (Å²) in [6.45, 7) is 3.84. The van der Waals surface area contributed by atoms with E-state index < -0.39 is 11.8 Å². The summed E-state index contributed by atoms with van der Waals surface area (Å²) in [5.41, 5.74) is 2.72. The van der Waals surface area contributed by atoms with Crippen LogP contribution in [0.3, 0.4) is 0 Å². The second-order valence-electron chi connectivity index (χ2n) is 5.70. The van der Waals surface area contributed by atoms with Crippen LogP contribution in [0.1, 0.15) is 24.1 Å². The Bertz CT molecular complexity index is 884. The van der Waals surface area contributed by atoms with E-state index >= 15 is 0 Å². The number of benzene rings is 2. The van der Waals surface area contributed by atoms with Crippen molar-refractivity contribution in [3.05, 3.63) is 65.0 Å². The molecule has 0 bridgehead atoms. The number of carbonyl (C=O) groups excluding carboxylic acids is 2. The van der Waals surface area contributed by atoms with Gasteiger partial charge in [-0.3, -0.25) is 9.59 Å². The summed E-state index contributed by atoms with van der Waals surface area (Å²) in [5.74, 6) is -1.30. The van der Waals surface area contributed by atoms with Crippen LogP contribution < -0.4 is 10.6 Å². The van der Waals surface area contributed by atoms with Crippen LogP contribution in [0.2, 0.25) is 0 Å². The first-order valence-electron chi connectivity index (χ1n) is 7.69. The third-order valence-corrected chi connectivity index (χ3v) is 4.82. The molecule has 2 aromatic carbocycles. The number of nitrogens with one attached hydrogen (secondary N) is 2. The number of thiophene rings is 1. The van der Waals surface area contributed by atoms with Crippen molar-refractivity contribution in [2.24, 2.45) is 0 Å². The van der Waals surface area contributed by atoms with Gasteiger partial charge in [0.25, 0.3) is 0 Å². The molecule has 0 aliphatic heterocycles. The molecule has 1 unspecified atom stereocenters. The summed E-state index contributed by atoms with van der Waals surface area (Å²) in [6.07, 6.45) is 0. The number of amides is 2. The topological polar surface area (TPSA) is 58.2 Å². The molecule has 2 N–H and O–H groups in total. The predicted molar refractivity (Wildman–Crippen MR) is 98.2 cm³/mol. The zero-order valence-corrected chi connectivity index (χ0v) is 14.3. The fourth-order valence-corrected chi connectivity index (χ4v) is 3.55. The van der Waals surface area contributed by atoms with Crippen LogP contribution in [0.15, 0.2) is 53.9 Å². The largest absolute Gasteiger partial charge is 0.341 e. The standard InChI is InChI=1S/C19H18N2O2S/c1-12-7-9-14(10-8-12)21-19(23)18(22)20-13(2)16-11-24-17-6-4-3-5-15(16)17/h3-11,13H,1-2H3,(H,20,22)(H,21,23). The number of fused-ring (bicyclic) bond motifs is 1. The fourth-order valence-electron chi connectivity index (χ4n) is 2.50. The van der Waals surface area contributed by atoms with Gasteiger partial charge in [0, 0.05) is 10.4 Å². The summed E-state index contributed by atoms with van der Waals surface area (Å²) < 4.78 is 1.16. The molecule has 24 heavy (non-hydrogen) atoms. The third-order valence-electron chi connectivity index (χ3n) is 3.84. The fraction of sp³-hybridized carbons (Fsp3) is 0.158. The molecule has 0 saturated carbocycles. The maximum absolute atomic E-state index is 12.1. The summed E-state index contributed by atoms with van der Waals surface area (Å²) >= 11 is 1.63. The highest BCUT2D eigenvalue weighted by atomic mass is 32.1. The second-order valence-corrected chi connectivity index (χ2v) is 6.61. The van der Waals surface area contributed by atoms with Crippen molar-refractivity contribution in [2.45, 2.75) is 19.9 Å². The molecule has 3 rings (SSSR count). The summed E-state index contributed by atoms with van der Waals surface area (Å²) in [5, 5.41) is 8.50. The summed E-state index contributed by atoms with van der Waals surface area (Å²) in [7, 11) is 0. The average Bonchev–Trinajstić information content (AvgIpc) is 3.01. The van der Waals surface area contributed by atoms with Gasteiger partial charge in [0.05, 0.1) is 6.04 Å². The first kappa shape index (κ1) is 16.2. The molecule has 5 heteroatoms. The van der Waals surface area contributed by atoms with Gasteiger partial charge < -0.3 is 10.6 Å². The molecule has 1 aromatic heterocycles. The van der Waals surface area contributed by atoms with Gasteiger partial charge in [-0.1, -0.05) is 35.9 Å². The van der Waals surface area contributed by atoms with Gasteiger partial charge >= 0.3 is 11.8 Å². The Kier molecular flexibility index (Phi) is 4.62. The van der Waals surface area contributed by atoms with Gasteiger partial charge in [0.1, 0.15) is 0 Å². The van der Waals surface area contributed by atoms with Crippen molar-refractivity contribution in [1.29, 1.82) is 0 Å². The Morgan fingerprint density at radius 3 is 2.46 bits per heavy atom. The molecule has 3 aromatic rings. The minimum atomic E-state index is -0.662. The molecule has 2 amide bonds. The molecular weight excluding hydrogens is 320 g/mol. The quantitative estimate of drug-likeness (QED) is 0.709. The third kappa shape index (κ3) is 3.46. The lowest BCUT2D eigenvalue weighted by Crippen LogP contribution is -2.36. The van der Waals surface area contributed by atoms with Gasteiger partial charge in [-0.2, -0.15) is 0 Å². The summed E-state index contributed by atoms with van der Waals surface area (Å²) in [6, 6.07) is 15.1. The highest BCUT2D eigenvalue weighted by molar-refractivity contribution is 7.17. The van der Waals surface area contributed by atoms with E-state index in [9.17, 15) is 9.59 Å². The average molecular weight is 338 g/mol. The maximum Gasteiger partial charge on any atom is 0.313 e. The Labute approximate surface area is 144 Å². The number of hydrogen-bond donors (Lipinski definition) is 2. The van der Waals surface area contributed by atoms with E-state index in [4.69, 9.17) is 0 Å². The Hall–Kier alpha value is -2.66. The van der Waals surface area contributed by atoms with E-state index in [0.717, 1.165) is 21.2 Å². The minimum absolute atomic E-state index is 0.239. The van der Waals surface area contributed by atoms with Gasteiger partial charge in [-0.25, -0.2) is 0 Å². The van der Waals surface area contributed by atoms with Crippen LogP contribution in [-0.4, -0.2) is 11.8 Å². The lowest BCUT2D eigenvalue weighted by atomic mass is 10.1. The van der Waals surface area contributed by atoms with Crippen LogP contribution in [0, 0.1) is 6.92 Å². The molecule has 1 heterocycles. The predicted octanol–water partition coefficient (Wildman–Crippen LogP) is 4.03. The number of aryl methyl sites for hydroxylation is 1. The molecular formula is C19H18N2O2S. The number of carbonyl (C=O) groups is 2. The van der Waals surface area contributed by atoms with Crippen molar-refractivity contribution in [1.82, 2.24) is 5.32 Å². The number of hydrogen-bond acceptors (Lipinski definition) is 3. The van der Waals surface area contributed by atoms with E-state index in [-0.39, 0.29) is 6.04 Å².